The molecule has 13 heavy (non-hydrogen) atoms. The van der Waals surface area contributed by atoms with Crippen LogP contribution in [0.1, 0.15) is 12.8 Å². The molecule has 0 N–H and O–H groups in total. The van der Waals surface area contributed by atoms with Gasteiger partial charge in [0.25, 0.3) is 0 Å². The molecule has 0 aromatic carbocycles. The van der Waals surface area contributed by atoms with Crippen LogP contribution in [0.4, 0.5) is 0 Å². The lowest BCUT2D eigenvalue weighted by Crippen LogP contribution is -2.48. The SMILES string of the molecule is O=C1OC(=O)C2(Cl)CCC=CC12Cl. The van der Waals surface area contributed by atoms with E-state index in [1.165, 1.54) is 6.08 Å². The maximum atomic E-state index is 11.3. The molecule has 1 saturated heterocycles. The van der Waals surface area contributed by atoms with Crippen LogP contribution < -0.4 is 0 Å². The van der Waals surface area contributed by atoms with Crippen molar-refractivity contribution in [1.29, 1.82) is 0 Å². The fourth-order valence-electron chi connectivity index (χ4n) is 1.56. The fraction of sp³-hybridized carbons (Fsp3) is 0.500. The summed E-state index contributed by atoms with van der Waals surface area (Å²) in [4.78, 5) is 19.6. The van der Waals surface area contributed by atoms with Gasteiger partial charge in [0.1, 0.15) is 0 Å². The van der Waals surface area contributed by atoms with Gasteiger partial charge in [0.15, 0.2) is 9.75 Å². The summed E-state index contributed by atoms with van der Waals surface area (Å²) in [6, 6.07) is 0. The van der Waals surface area contributed by atoms with E-state index in [4.69, 9.17) is 23.2 Å². The largest absolute Gasteiger partial charge is 0.390 e. The van der Waals surface area contributed by atoms with Crippen LogP contribution >= 0.6 is 23.2 Å². The second-order valence-corrected chi connectivity index (χ2v) is 4.37. The second kappa shape index (κ2) is 2.49. The van der Waals surface area contributed by atoms with Crippen molar-refractivity contribution in [3.63, 3.8) is 0 Å². The van der Waals surface area contributed by atoms with E-state index in [1.54, 1.807) is 6.08 Å². The lowest BCUT2D eigenvalue weighted by Gasteiger charge is -2.29. The van der Waals surface area contributed by atoms with Crippen molar-refractivity contribution < 1.29 is 14.3 Å². The molecule has 5 heteroatoms. The lowest BCUT2D eigenvalue weighted by molar-refractivity contribution is -0.153. The third kappa shape index (κ3) is 0.916. The van der Waals surface area contributed by atoms with E-state index >= 15 is 0 Å². The number of cyclic esters (lactones) is 2. The first kappa shape index (κ1) is 9.03. The highest BCUT2D eigenvalue weighted by Crippen LogP contribution is 2.49. The van der Waals surface area contributed by atoms with Crippen molar-refractivity contribution in [3.8, 4) is 0 Å². The Bertz CT molecular complexity index is 325. The molecular weight excluding hydrogens is 215 g/mol. The molecule has 1 fully saturated rings. The van der Waals surface area contributed by atoms with Gasteiger partial charge < -0.3 is 4.74 Å². The quantitative estimate of drug-likeness (QED) is 0.268. The number of rotatable bonds is 0. The van der Waals surface area contributed by atoms with Crippen molar-refractivity contribution in [1.82, 2.24) is 0 Å². The van der Waals surface area contributed by atoms with Crippen molar-refractivity contribution in [2.45, 2.75) is 22.6 Å². The van der Waals surface area contributed by atoms with Gasteiger partial charge >= 0.3 is 11.9 Å². The molecule has 0 radical (unpaired) electrons. The maximum Gasteiger partial charge on any atom is 0.341 e. The normalized spacial score (nSPS) is 43.2. The highest BCUT2D eigenvalue weighted by molar-refractivity contribution is 6.52. The van der Waals surface area contributed by atoms with Crippen LogP contribution in [0.25, 0.3) is 0 Å². The van der Waals surface area contributed by atoms with Crippen molar-refractivity contribution in [2.75, 3.05) is 0 Å². The highest BCUT2D eigenvalue weighted by Gasteiger charge is 2.66. The van der Waals surface area contributed by atoms with Crippen molar-refractivity contribution in [2.24, 2.45) is 0 Å². The Labute approximate surface area is 84.6 Å². The molecule has 3 nitrogen and oxygen atoms in total. The Morgan fingerprint density at radius 1 is 1.31 bits per heavy atom. The molecule has 2 unspecified atom stereocenters. The summed E-state index contributed by atoms with van der Waals surface area (Å²) in [5.41, 5.74) is 0. The van der Waals surface area contributed by atoms with Crippen LogP contribution in [0.2, 0.25) is 0 Å². The van der Waals surface area contributed by atoms with Gasteiger partial charge in [-0.25, -0.2) is 9.59 Å². The fourth-order valence-corrected chi connectivity index (χ4v) is 2.15. The standard InChI is InChI=1S/C8H6Cl2O3/c9-7-3-1-2-4-8(7,10)6(12)13-5(7)11/h1,3H,2,4H2. The Kier molecular flexibility index (Phi) is 1.73. The molecule has 0 aromatic rings. The van der Waals surface area contributed by atoms with E-state index < -0.39 is 21.7 Å². The number of carbonyl (C=O) groups excluding carboxylic acids is 2. The molecule has 2 aliphatic rings. The van der Waals surface area contributed by atoms with Gasteiger partial charge in [0.2, 0.25) is 0 Å². The summed E-state index contributed by atoms with van der Waals surface area (Å²) in [5.74, 6) is -1.51. The molecule has 1 aliphatic carbocycles. The third-order valence-electron chi connectivity index (χ3n) is 2.39. The van der Waals surface area contributed by atoms with E-state index in [0.29, 0.717) is 12.8 Å². The van der Waals surface area contributed by atoms with Gasteiger partial charge in [-0.2, -0.15) is 0 Å². The zero-order valence-corrected chi connectivity index (χ0v) is 8.06. The maximum absolute atomic E-state index is 11.3. The Hall–Kier alpha value is -0.540. The number of carbonyl (C=O) groups is 2. The average Bonchev–Trinajstić information content (AvgIpc) is 2.25. The van der Waals surface area contributed by atoms with Gasteiger partial charge in [0, 0.05) is 0 Å². The Morgan fingerprint density at radius 3 is 2.62 bits per heavy atom. The van der Waals surface area contributed by atoms with E-state index in [-0.39, 0.29) is 0 Å². The van der Waals surface area contributed by atoms with Crippen LogP contribution in [-0.2, 0) is 14.3 Å². The molecule has 2 atom stereocenters. The van der Waals surface area contributed by atoms with Gasteiger partial charge in [-0.15, -0.1) is 11.6 Å². The molecule has 0 amide bonds. The van der Waals surface area contributed by atoms with Crippen LogP contribution in [0, 0.1) is 0 Å². The summed E-state index contributed by atoms with van der Waals surface area (Å²) in [6.45, 7) is 0. The molecule has 70 valence electrons. The molecule has 0 spiro atoms. The van der Waals surface area contributed by atoms with E-state index in [9.17, 15) is 9.59 Å². The molecule has 0 saturated carbocycles. The third-order valence-corrected chi connectivity index (χ3v) is 3.73. The van der Waals surface area contributed by atoms with E-state index in [1.807, 2.05) is 0 Å². The average molecular weight is 221 g/mol. The molecule has 2 rings (SSSR count). The minimum atomic E-state index is -1.50. The Balaban J connectivity index is 2.57. The lowest BCUT2D eigenvalue weighted by atomic mass is 9.84. The highest BCUT2D eigenvalue weighted by atomic mass is 35.5. The first-order chi connectivity index (χ1) is 6.01. The summed E-state index contributed by atoms with van der Waals surface area (Å²) in [5, 5.41) is 0. The smallest absolute Gasteiger partial charge is 0.341 e. The number of fused-ring (bicyclic) bond motifs is 1. The Morgan fingerprint density at radius 2 is 2.00 bits per heavy atom. The minimum Gasteiger partial charge on any atom is -0.390 e. The van der Waals surface area contributed by atoms with Crippen LogP contribution in [0.5, 0.6) is 0 Å². The van der Waals surface area contributed by atoms with Crippen LogP contribution in [-0.4, -0.2) is 21.7 Å². The van der Waals surface area contributed by atoms with Crippen molar-refractivity contribution >= 4 is 35.1 Å². The van der Waals surface area contributed by atoms with E-state index in [0.717, 1.165) is 0 Å². The molecule has 0 bridgehead atoms. The number of hydrogen-bond acceptors (Lipinski definition) is 3. The van der Waals surface area contributed by atoms with Crippen LogP contribution in [0.3, 0.4) is 0 Å². The summed E-state index contributed by atoms with van der Waals surface area (Å²) < 4.78 is 4.42. The number of esters is 2. The monoisotopic (exact) mass is 220 g/mol. The van der Waals surface area contributed by atoms with E-state index in [2.05, 4.69) is 4.74 Å². The summed E-state index contributed by atoms with van der Waals surface area (Å²) in [6.07, 6.45) is 4.13. The minimum absolute atomic E-state index is 0.332. The topological polar surface area (TPSA) is 43.4 Å². The van der Waals surface area contributed by atoms with Gasteiger partial charge in [0.05, 0.1) is 0 Å². The van der Waals surface area contributed by atoms with Gasteiger partial charge in [-0.05, 0) is 12.8 Å². The zero-order valence-electron chi connectivity index (χ0n) is 6.55. The number of allylic oxidation sites excluding steroid dienone is 1. The molecule has 1 heterocycles. The summed E-state index contributed by atoms with van der Waals surface area (Å²) >= 11 is 11.9. The second-order valence-electron chi connectivity index (χ2n) is 3.13. The first-order valence-corrected chi connectivity index (χ1v) is 4.58. The number of alkyl halides is 2. The predicted molar refractivity (Wildman–Crippen MR) is 46.6 cm³/mol. The molecule has 1 aliphatic heterocycles. The van der Waals surface area contributed by atoms with Gasteiger partial charge in [-0.1, -0.05) is 23.8 Å². The number of halogens is 2. The van der Waals surface area contributed by atoms with Crippen molar-refractivity contribution in [3.05, 3.63) is 12.2 Å². The van der Waals surface area contributed by atoms with Gasteiger partial charge in [-0.3, -0.25) is 0 Å². The molecular formula is C8H6Cl2O3. The first-order valence-electron chi connectivity index (χ1n) is 3.83. The zero-order chi connectivity index (χ0) is 9.69. The number of ether oxygens (including phenoxy) is 1. The summed E-state index contributed by atoms with van der Waals surface area (Å²) in [7, 11) is 0. The molecule has 0 aromatic heterocycles. The predicted octanol–water partition coefficient (Wildman–Crippen LogP) is 1.37. The number of hydrogen-bond donors (Lipinski definition) is 0. The van der Waals surface area contributed by atoms with Crippen LogP contribution in [0.15, 0.2) is 12.2 Å².